The molecular weight excluding hydrogens is 278 g/mol. The molecule has 2 N–H and O–H groups in total. The summed E-state index contributed by atoms with van der Waals surface area (Å²) in [6.45, 7) is 5.05. The first-order valence-electron chi connectivity index (χ1n) is 6.69. The third-order valence-electron chi connectivity index (χ3n) is 3.20. The van der Waals surface area contributed by atoms with E-state index in [2.05, 4.69) is 10.3 Å². The molecule has 0 unspecified atom stereocenters. The summed E-state index contributed by atoms with van der Waals surface area (Å²) in [4.78, 5) is 28.6. The van der Waals surface area contributed by atoms with Crippen molar-refractivity contribution < 1.29 is 14.7 Å². The summed E-state index contributed by atoms with van der Waals surface area (Å²) in [6, 6.07) is 0.0421. The van der Waals surface area contributed by atoms with E-state index in [-0.39, 0.29) is 24.3 Å². The summed E-state index contributed by atoms with van der Waals surface area (Å²) in [7, 11) is 0. The Morgan fingerprint density at radius 2 is 2.25 bits per heavy atom. The fourth-order valence-electron chi connectivity index (χ4n) is 1.85. The van der Waals surface area contributed by atoms with Crippen molar-refractivity contribution in [3.05, 3.63) is 16.1 Å². The van der Waals surface area contributed by atoms with E-state index in [0.717, 1.165) is 6.54 Å². The van der Waals surface area contributed by atoms with Crippen molar-refractivity contribution in [2.24, 2.45) is 5.92 Å². The van der Waals surface area contributed by atoms with Gasteiger partial charge in [0.25, 0.3) is 0 Å². The van der Waals surface area contributed by atoms with Gasteiger partial charge in [-0.05, 0) is 32.6 Å². The van der Waals surface area contributed by atoms with Crippen molar-refractivity contribution in [2.45, 2.75) is 39.3 Å². The standard InChI is InChI=1S/C13H19N3O3S/c1-8(2)16(6-9-3-4-9)13(19)14-5-11-15-10(7-20-11)12(17)18/h7-9H,3-6H2,1-2H3,(H,14,19)(H,17,18). The monoisotopic (exact) mass is 297 g/mol. The van der Waals surface area contributed by atoms with E-state index < -0.39 is 5.97 Å². The van der Waals surface area contributed by atoms with Gasteiger partial charge in [-0.25, -0.2) is 14.6 Å². The second-order valence-corrected chi connectivity index (χ2v) is 6.22. The molecule has 1 aromatic rings. The van der Waals surface area contributed by atoms with E-state index in [9.17, 15) is 9.59 Å². The number of amides is 2. The number of rotatable bonds is 6. The lowest BCUT2D eigenvalue weighted by Gasteiger charge is -2.26. The first kappa shape index (κ1) is 14.8. The Morgan fingerprint density at radius 3 is 2.75 bits per heavy atom. The number of thiazole rings is 1. The zero-order chi connectivity index (χ0) is 14.7. The van der Waals surface area contributed by atoms with Crippen molar-refractivity contribution in [1.82, 2.24) is 15.2 Å². The number of carbonyl (C=O) groups excluding carboxylic acids is 1. The Labute approximate surface area is 121 Å². The SMILES string of the molecule is CC(C)N(CC1CC1)C(=O)NCc1nc(C(=O)O)cs1. The Kier molecular flexibility index (Phi) is 4.59. The molecule has 0 aliphatic heterocycles. The number of aromatic nitrogens is 1. The molecule has 1 heterocycles. The van der Waals surface area contributed by atoms with Gasteiger partial charge in [-0.3, -0.25) is 0 Å². The highest BCUT2D eigenvalue weighted by Crippen LogP contribution is 2.30. The van der Waals surface area contributed by atoms with Crippen LogP contribution in [0.4, 0.5) is 4.79 Å². The first-order chi connectivity index (χ1) is 9.47. The Balaban J connectivity index is 1.87. The van der Waals surface area contributed by atoms with Gasteiger partial charge < -0.3 is 15.3 Å². The Morgan fingerprint density at radius 1 is 1.55 bits per heavy atom. The summed E-state index contributed by atoms with van der Waals surface area (Å²) in [5.41, 5.74) is 0.0259. The number of urea groups is 1. The van der Waals surface area contributed by atoms with E-state index in [4.69, 9.17) is 5.11 Å². The van der Waals surface area contributed by atoms with Crippen LogP contribution < -0.4 is 5.32 Å². The summed E-state index contributed by atoms with van der Waals surface area (Å²) < 4.78 is 0. The Bertz CT molecular complexity index is 497. The van der Waals surface area contributed by atoms with Gasteiger partial charge in [0.05, 0.1) is 6.54 Å². The van der Waals surface area contributed by atoms with Crippen molar-refractivity contribution >= 4 is 23.3 Å². The van der Waals surface area contributed by atoms with Crippen LogP contribution >= 0.6 is 11.3 Å². The second kappa shape index (κ2) is 6.21. The van der Waals surface area contributed by atoms with Gasteiger partial charge in [-0.1, -0.05) is 0 Å². The smallest absolute Gasteiger partial charge is 0.355 e. The number of nitrogens with zero attached hydrogens (tertiary/aromatic N) is 2. The highest BCUT2D eigenvalue weighted by atomic mass is 32.1. The molecular formula is C13H19N3O3S. The number of carboxylic acids is 1. The van der Waals surface area contributed by atoms with Crippen molar-refractivity contribution in [3.63, 3.8) is 0 Å². The van der Waals surface area contributed by atoms with Gasteiger partial charge >= 0.3 is 12.0 Å². The van der Waals surface area contributed by atoms with Crippen molar-refractivity contribution in [1.29, 1.82) is 0 Å². The number of hydrogen-bond donors (Lipinski definition) is 2. The number of hydrogen-bond acceptors (Lipinski definition) is 4. The number of carboxylic acid groups (broad SMARTS) is 1. The predicted molar refractivity (Wildman–Crippen MR) is 75.9 cm³/mol. The van der Waals surface area contributed by atoms with Gasteiger partial charge in [-0.15, -0.1) is 11.3 Å². The fourth-order valence-corrected chi connectivity index (χ4v) is 2.56. The molecule has 1 saturated carbocycles. The quantitative estimate of drug-likeness (QED) is 0.843. The van der Waals surface area contributed by atoms with Crippen molar-refractivity contribution in [2.75, 3.05) is 6.54 Å². The molecule has 0 radical (unpaired) electrons. The van der Waals surface area contributed by atoms with Gasteiger partial charge in [0.1, 0.15) is 5.01 Å². The molecule has 0 aromatic carbocycles. The van der Waals surface area contributed by atoms with Crippen LogP contribution in [0.1, 0.15) is 42.2 Å². The molecule has 2 rings (SSSR count). The van der Waals surface area contributed by atoms with E-state index in [1.807, 2.05) is 18.7 Å². The first-order valence-corrected chi connectivity index (χ1v) is 7.57. The van der Waals surface area contributed by atoms with Crippen LogP contribution in [-0.4, -0.2) is 39.6 Å². The molecule has 110 valence electrons. The fraction of sp³-hybridized carbons (Fsp3) is 0.615. The summed E-state index contributed by atoms with van der Waals surface area (Å²) >= 11 is 1.24. The van der Waals surface area contributed by atoms with Crippen LogP contribution in [0, 0.1) is 5.92 Å². The zero-order valence-electron chi connectivity index (χ0n) is 11.6. The predicted octanol–water partition coefficient (Wildman–Crippen LogP) is 2.17. The van der Waals surface area contributed by atoms with E-state index in [0.29, 0.717) is 10.9 Å². The molecule has 1 aromatic heterocycles. The van der Waals surface area contributed by atoms with E-state index in [1.165, 1.54) is 29.6 Å². The van der Waals surface area contributed by atoms with Crippen LogP contribution in [-0.2, 0) is 6.54 Å². The minimum absolute atomic E-state index is 0.0259. The normalized spacial score (nSPS) is 14.3. The lowest BCUT2D eigenvalue weighted by molar-refractivity contribution is 0.0691. The maximum Gasteiger partial charge on any atom is 0.355 e. The lowest BCUT2D eigenvalue weighted by atomic mass is 10.3. The van der Waals surface area contributed by atoms with Crippen molar-refractivity contribution in [3.8, 4) is 0 Å². The van der Waals surface area contributed by atoms with Gasteiger partial charge in [0, 0.05) is 18.0 Å². The summed E-state index contributed by atoms with van der Waals surface area (Å²) in [6.07, 6.45) is 2.40. The number of nitrogens with one attached hydrogen (secondary N) is 1. The maximum absolute atomic E-state index is 12.1. The van der Waals surface area contributed by atoms with Crippen LogP contribution in [0.2, 0.25) is 0 Å². The molecule has 0 spiro atoms. The zero-order valence-corrected chi connectivity index (χ0v) is 12.4. The molecule has 0 saturated heterocycles. The second-order valence-electron chi connectivity index (χ2n) is 5.28. The molecule has 1 aliphatic rings. The summed E-state index contributed by atoms with van der Waals surface area (Å²) in [5.74, 6) is -0.405. The summed E-state index contributed by atoms with van der Waals surface area (Å²) in [5, 5.41) is 13.7. The minimum Gasteiger partial charge on any atom is -0.476 e. The molecule has 0 atom stereocenters. The third-order valence-corrected chi connectivity index (χ3v) is 4.05. The molecule has 7 heteroatoms. The molecule has 2 amide bonds. The number of aromatic carboxylic acids is 1. The largest absolute Gasteiger partial charge is 0.476 e. The van der Waals surface area contributed by atoms with Crippen LogP contribution in [0.5, 0.6) is 0 Å². The van der Waals surface area contributed by atoms with E-state index in [1.54, 1.807) is 0 Å². The molecule has 20 heavy (non-hydrogen) atoms. The van der Waals surface area contributed by atoms with Crippen LogP contribution in [0.3, 0.4) is 0 Å². The molecule has 1 fully saturated rings. The lowest BCUT2D eigenvalue weighted by Crippen LogP contribution is -2.44. The molecule has 6 nitrogen and oxygen atoms in total. The maximum atomic E-state index is 12.1. The highest BCUT2D eigenvalue weighted by molar-refractivity contribution is 7.09. The van der Waals surface area contributed by atoms with Gasteiger partial charge in [-0.2, -0.15) is 0 Å². The average Bonchev–Trinajstić information content (AvgIpc) is 3.08. The number of carbonyl (C=O) groups is 2. The van der Waals surface area contributed by atoms with Crippen LogP contribution in [0.15, 0.2) is 5.38 Å². The molecule has 0 bridgehead atoms. The van der Waals surface area contributed by atoms with Gasteiger partial charge in [0.2, 0.25) is 0 Å². The Hall–Kier alpha value is -1.63. The van der Waals surface area contributed by atoms with Gasteiger partial charge in [0.15, 0.2) is 5.69 Å². The topological polar surface area (TPSA) is 82.5 Å². The van der Waals surface area contributed by atoms with E-state index >= 15 is 0 Å². The highest BCUT2D eigenvalue weighted by Gasteiger charge is 2.28. The third kappa shape index (κ3) is 3.93. The molecule has 1 aliphatic carbocycles. The minimum atomic E-state index is -1.05. The van der Waals surface area contributed by atoms with Crippen LogP contribution in [0.25, 0.3) is 0 Å². The average molecular weight is 297 g/mol.